The Morgan fingerprint density at radius 1 is 0.592 bits per heavy atom. The largest absolute Gasteiger partial charge is 0.573 e. The highest BCUT2D eigenvalue weighted by atomic mass is 19.4. The van der Waals surface area contributed by atoms with Crippen molar-refractivity contribution < 1.29 is 32.1 Å². The van der Waals surface area contributed by atoms with Gasteiger partial charge in [-0.25, -0.2) is 9.97 Å². The summed E-state index contributed by atoms with van der Waals surface area (Å²) in [5.41, 5.74) is 17.0. The molecule has 254 valence electrons. The van der Waals surface area contributed by atoms with Crippen LogP contribution in [0.2, 0.25) is 0 Å². The summed E-state index contributed by atoms with van der Waals surface area (Å²) in [4.78, 5) is 8.73. The zero-order valence-electron chi connectivity index (χ0n) is 27.0. The molecule has 0 saturated heterocycles. The monoisotopic (exact) mass is 672 g/mol. The van der Waals surface area contributed by atoms with E-state index in [4.69, 9.17) is 25.7 Å². The fraction of sp³-hybridized carbons (Fsp3) is 0.167. The molecule has 0 spiro atoms. The molecule has 0 fully saturated rings. The molecule has 0 saturated carbocycles. The van der Waals surface area contributed by atoms with Gasteiger partial charge in [0.1, 0.15) is 23.0 Å². The van der Waals surface area contributed by atoms with Gasteiger partial charge in [0.2, 0.25) is 11.9 Å². The molecule has 4 aromatic carbocycles. The first-order valence-corrected chi connectivity index (χ1v) is 15.0. The van der Waals surface area contributed by atoms with Crippen molar-refractivity contribution >= 4 is 11.9 Å². The number of anilines is 2. The van der Waals surface area contributed by atoms with E-state index in [9.17, 15) is 13.2 Å². The van der Waals surface area contributed by atoms with Crippen molar-refractivity contribution in [3.05, 3.63) is 121 Å². The number of ether oxygens (including phenoxy) is 4. The van der Waals surface area contributed by atoms with Crippen LogP contribution in [-0.2, 0) is 13.1 Å². The van der Waals surface area contributed by atoms with Crippen molar-refractivity contribution in [1.29, 1.82) is 0 Å². The zero-order valence-corrected chi connectivity index (χ0v) is 27.0. The molecule has 6 aromatic rings. The van der Waals surface area contributed by atoms with Crippen molar-refractivity contribution in [3.8, 4) is 45.5 Å². The Balaban J connectivity index is 0.000000192. The number of para-hydroxylation sites is 2. The predicted molar refractivity (Wildman–Crippen MR) is 182 cm³/mol. The van der Waals surface area contributed by atoms with E-state index in [1.165, 1.54) is 24.3 Å². The van der Waals surface area contributed by atoms with E-state index in [2.05, 4.69) is 14.7 Å². The summed E-state index contributed by atoms with van der Waals surface area (Å²) in [7, 11) is 4.90. The van der Waals surface area contributed by atoms with E-state index in [0.29, 0.717) is 36.2 Å². The van der Waals surface area contributed by atoms with Gasteiger partial charge in [0.15, 0.2) is 0 Å². The Kier molecular flexibility index (Phi) is 10.6. The Morgan fingerprint density at radius 3 is 1.59 bits per heavy atom. The van der Waals surface area contributed by atoms with Crippen LogP contribution in [0.25, 0.3) is 22.5 Å². The van der Waals surface area contributed by atoms with Gasteiger partial charge >= 0.3 is 6.36 Å². The Hall–Kier alpha value is -6.11. The van der Waals surface area contributed by atoms with Crippen molar-refractivity contribution in [2.24, 2.45) is 0 Å². The number of nitrogens with two attached hydrogens (primary N) is 2. The smallest absolute Gasteiger partial charge is 0.497 e. The maximum atomic E-state index is 12.2. The van der Waals surface area contributed by atoms with Crippen LogP contribution in [0.15, 0.2) is 109 Å². The van der Waals surface area contributed by atoms with Crippen LogP contribution in [-0.4, -0.2) is 46.8 Å². The number of alkyl halides is 3. The molecule has 0 atom stereocenters. The normalized spacial score (nSPS) is 11.0. The number of imidazole rings is 2. The van der Waals surface area contributed by atoms with E-state index < -0.39 is 6.36 Å². The molecular formula is C36H35F3N6O4. The number of rotatable bonds is 10. The number of hydrogen-bond donors (Lipinski definition) is 2. The average Bonchev–Trinajstić information content (AvgIpc) is 3.66. The summed E-state index contributed by atoms with van der Waals surface area (Å²) in [5, 5.41) is 0. The molecule has 0 bridgehead atoms. The van der Waals surface area contributed by atoms with Crippen molar-refractivity contribution in [2.45, 2.75) is 19.5 Å². The molecular weight excluding hydrogens is 637 g/mol. The van der Waals surface area contributed by atoms with Gasteiger partial charge in [0.25, 0.3) is 0 Å². The van der Waals surface area contributed by atoms with E-state index >= 15 is 0 Å². The third-order valence-electron chi connectivity index (χ3n) is 7.43. The van der Waals surface area contributed by atoms with Gasteiger partial charge in [0, 0.05) is 34.6 Å². The Morgan fingerprint density at radius 2 is 1.10 bits per heavy atom. The topological polar surface area (TPSA) is 125 Å². The molecule has 2 heterocycles. The summed E-state index contributed by atoms with van der Waals surface area (Å²) >= 11 is 0. The highest BCUT2D eigenvalue weighted by molar-refractivity contribution is 5.63. The number of hydrogen-bond acceptors (Lipinski definition) is 8. The first-order chi connectivity index (χ1) is 23.6. The van der Waals surface area contributed by atoms with Crippen LogP contribution in [0.3, 0.4) is 0 Å². The number of nitrogens with zero attached hydrogens (tertiary/aromatic N) is 4. The fourth-order valence-corrected chi connectivity index (χ4v) is 5.04. The minimum atomic E-state index is -4.72. The maximum Gasteiger partial charge on any atom is 0.573 e. The molecule has 0 amide bonds. The second kappa shape index (κ2) is 15.2. The van der Waals surface area contributed by atoms with E-state index in [1.807, 2.05) is 83.6 Å². The van der Waals surface area contributed by atoms with Gasteiger partial charge in [0.05, 0.1) is 45.8 Å². The minimum absolute atomic E-state index is 0.289. The molecule has 0 radical (unpaired) electrons. The van der Waals surface area contributed by atoms with Gasteiger partial charge < -0.3 is 39.5 Å². The quantitative estimate of drug-likeness (QED) is 0.156. The van der Waals surface area contributed by atoms with Crippen LogP contribution in [0.1, 0.15) is 11.1 Å². The summed E-state index contributed by atoms with van der Waals surface area (Å²) in [6.07, 6.45) is -1.04. The molecule has 10 nitrogen and oxygen atoms in total. The van der Waals surface area contributed by atoms with Gasteiger partial charge in [-0.1, -0.05) is 48.5 Å². The zero-order chi connectivity index (χ0) is 35.0. The lowest BCUT2D eigenvalue weighted by atomic mass is 10.1. The Bertz CT molecular complexity index is 1990. The number of halogens is 3. The number of nitrogen functional groups attached to an aromatic ring is 2. The molecule has 0 aliphatic rings. The molecule has 4 N–H and O–H groups in total. The average molecular weight is 673 g/mol. The second-order valence-corrected chi connectivity index (χ2v) is 10.7. The molecule has 2 aromatic heterocycles. The summed E-state index contributed by atoms with van der Waals surface area (Å²) in [5.74, 6) is 2.83. The number of methoxy groups -OCH3 is 3. The lowest BCUT2D eigenvalue weighted by Crippen LogP contribution is -2.16. The fourth-order valence-electron chi connectivity index (χ4n) is 5.04. The highest BCUT2D eigenvalue weighted by Gasteiger charge is 2.31. The molecule has 0 unspecified atom stereocenters. The van der Waals surface area contributed by atoms with Crippen molar-refractivity contribution in [2.75, 3.05) is 32.8 Å². The standard InChI is InChI=1S/C18H16F3N3O2.C18H19N3O2/c1-25-16-5-3-2-4-13(16)10-24-11-15(23-17(24)22)12-6-8-14(9-7-12)26-18(19,20)21;1-22-15-8-5-7-13(10-15)16-12-21(18(19)20-16)11-14-6-3-4-9-17(14)23-2/h2-9,11H,10H2,1H3,(H2,22,23);3-10,12H,11H2,1-2H3,(H2,19,20). The third-order valence-corrected chi connectivity index (χ3v) is 7.43. The molecule has 13 heteroatoms. The molecule has 0 aliphatic carbocycles. The molecule has 0 aliphatic heterocycles. The van der Waals surface area contributed by atoms with E-state index in [-0.39, 0.29) is 5.75 Å². The first kappa shape index (κ1) is 34.2. The SMILES string of the molecule is COc1cccc(-c2cn(Cc3ccccc3OC)c(N)n2)c1.COc1ccccc1Cn1cc(-c2ccc(OC(F)(F)F)cc2)nc1N. The van der Waals surface area contributed by atoms with Crippen LogP contribution < -0.4 is 30.4 Å². The van der Waals surface area contributed by atoms with E-state index in [0.717, 1.165) is 39.6 Å². The van der Waals surface area contributed by atoms with Crippen LogP contribution in [0.4, 0.5) is 25.1 Å². The number of benzene rings is 4. The van der Waals surface area contributed by atoms with Gasteiger partial charge in [-0.15, -0.1) is 13.2 Å². The van der Waals surface area contributed by atoms with E-state index in [1.54, 1.807) is 32.1 Å². The van der Waals surface area contributed by atoms with Crippen LogP contribution in [0.5, 0.6) is 23.0 Å². The van der Waals surface area contributed by atoms with Gasteiger partial charge in [-0.2, -0.15) is 0 Å². The maximum absolute atomic E-state index is 12.2. The Labute approximate surface area is 281 Å². The third kappa shape index (κ3) is 8.83. The van der Waals surface area contributed by atoms with Gasteiger partial charge in [-0.05, 0) is 48.5 Å². The lowest BCUT2D eigenvalue weighted by Gasteiger charge is -2.09. The second-order valence-electron chi connectivity index (χ2n) is 10.7. The number of aromatic nitrogens is 4. The van der Waals surface area contributed by atoms with Crippen LogP contribution >= 0.6 is 0 Å². The minimum Gasteiger partial charge on any atom is -0.497 e. The van der Waals surface area contributed by atoms with Crippen LogP contribution in [0, 0.1) is 0 Å². The molecule has 6 rings (SSSR count). The lowest BCUT2D eigenvalue weighted by molar-refractivity contribution is -0.274. The summed E-state index contributed by atoms with van der Waals surface area (Å²) in [6.45, 7) is 1.06. The van der Waals surface area contributed by atoms with Gasteiger partial charge in [-0.3, -0.25) is 0 Å². The van der Waals surface area contributed by atoms with Crippen molar-refractivity contribution in [1.82, 2.24) is 19.1 Å². The first-order valence-electron chi connectivity index (χ1n) is 15.0. The molecule has 49 heavy (non-hydrogen) atoms. The predicted octanol–water partition coefficient (Wildman–Crippen LogP) is 7.29. The summed E-state index contributed by atoms with van der Waals surface area (Å²) < 4.78 is 60.2. The summed E-state index contributed by atoms with van der Waals surface area (Å²) in [6, 6.07) is 28.6. The highest BCUT2D eigenvalue weighted by Crippen LogP contribution is 2.29. The van der Waals surface area contributed by atoms with Crippen molar-refractivity contribution in [3.63, 3.8) is 0 Å².